The third-order valence-corrected chi connectivity index (χ3v) is 3.03. The first-order valence-electron chi connectivity index (χ1n) is 6.53. The molecule has 2 rings (SSSR count). The van der Waals surface area contributed by atoms with Crippen LogP contribution in [0.4, 0.5) is 0 Å². The van der Waals surface area contributed by atoms with Gasteiger partial charge in [0.25, 0.3) is 0 Å². The summed E-state index contributed by atoms with van der Waals surface area (Å²) >= 11 is 0. The molecule has 0 aliphatic rings. The lowest BCUT2D eigenvalue weighted by atomic mass is 10.0. The monoisotopic (exact) mass is 260 g/mol. The fraction of sp³-hybridized carbons (Fsp3) is 0.500. The summed E-state index contributed by atoms with van der Waals surface area (Å²) in [7, 11) is 0. The zero-order valence-electron chi connectivity index (χ0n) is 11.6. The Morgan fingerprint density at radius 3 is 2.84 bits per heavy atom. The van der Waals surface area contributed by atoms with Crippen molar-refractivity contribution in [1.29, 1.82) is 0 Å². The molecular weight excluding hydrogens is 240 g/mol. The van der Waals surface area contributed by atoms with Crippen molar-refractivity contribution < 1.29 is 5.11 Å². The maximum Gasteiger partial charge on any atom is 0.138 e. The molecule has 5 nitrogen and oxygen atoms in total. The SMILES string of the molecule is Cc1cnccc1C(O)Cc1ncnn1CC(C)C. The quantitative estimate of drug-likeness (QED) is 0.892. The molecule has 5 heteroatoms. The highest BCUT2D eigenvalue weighted by atomic mass is 16.3. The molecule has 1 unspecified atom stereocenters. The molecule has 1 atom stereocenters. The van der Waals surface area contributed by atoms with Crippen LogP contribution in [0.3, 0.4) is 0 Å². The van der Waals surface area contributed by atoms with Crippen molar-refractivity contribution in [2.24, 2.45) is 5.92 Å². The Kier molecular flexibility index (Phi) is 4.27. The van der Waals surface area contributed by atoms with Crippen molar-refractivity contribution in [2.45, 2.75) is 39.8 Å². The standard InChI is InChI=1S/C14H20N4O/c1-10(2)8-18-14(16-9-17-18)6-13(19)12-4-5-15-7-11(12)3/h4-5,7,9-10,13,19H,6,8H2,1-3H3. The molecule has 0 radical (unpaired) electrons. The molecule has 2 heterocycles. The van der Waals surface area contributed by atoms with Gasteiger partial charge in [-0.2, -0.15) is 5.10 Å². The van der Waals surface area contributed by atoms with Crippen molar-refractivity contribution in [1.82, 2.24) is 19.7 Å². The molecule has 0 aliphatic heterocycles. The van der Waals surface area contributed by atoms with E-state index >= 15 is 0 Å². The number of aliphatic hydroxyl groups excluding tert-OH is 1. The third kappa shape index (κ3) is 3.38. The minimum Gasteiger partial charge on any atom is -0.388 e. The van der Waals surface area contributed by atoms with Gasteiger partial charge < -0.3 is 5.11 Å². The fourth-order valence-electron chi connectivity index (χ4n) is 2.09. The van der Waals surface area contributed by atoms with Gasteiger partial charge in [-0.1, -0.05) is 13.8 Å². The summed E-state index contributed by atoms with van der Waals surface area (Å²) in [6, 6.07) is 1.85. The first kappa shape index (κ1) is 13.7. The average molecular weight is 260 g/mol. The number of aliphatic hydroxyl groups is 1. The van der Waals surface area contributed by atoms with Crippen LogP contribution >= 0.6 is 0 Å². The molecule has 0 saturated heterocycles. The van der Waals surface area contributed by atoms with Gasteiger partial charge in [-0.05, 0) is 30.0 Å². The van der Waals surface area contributed by atoms with Crippen LogP contribution < -0.4 is 0 Å². The van der Waals surface area contributed by atoms with Crippen LogP contribution in [0.5, 0.6) is 0 Å². The van der Waals surface area contributed by atoms with Crippen LogP contribution in [0.1, 0.15) is 36.9 Å². The Balaban J connectivity index is 2.13. The van der Waals surface area contributed by atoms with Crippen LogP contribution in [0.25, 0.3) is 0 Å². The Hall–Kier alpha value is -1.75. The molecule has 0 spiro atoms. The molecular formula is C14H20N4O. The van der Waals surface area contributed by atoms with Gasteiger partial charge in [0.2, 0.25) is 0 Å². The van der Waals surface area contributed by atoms with E-state index in [9.17, 15) is 5.11 Å². The number of hydrogen-bond acceptors (Lipinski definition) is 4. The largest absolute Gasteiger partial charge is 0.388 e. The smallest absolute Gasteiger partial charge is 0.138 e. The molecule has 2 aromatic heterocycles. The van der Waals surface area contributed by atoms with Gasteiger partial charge in [0.05, 0.1) is 6.10 Å². The van der Waals surface area contributed by atoms with E-state index in [4.69, 9.17) is 0 Å². The van der Waals surface area contributed by atoms with E-state index in [2.05, 4.69) is 28.9 Å². The summed E-state index contributed by atoms with van der Waals surface area (Å²) in [6.07, 6.45) is 4.90. The molecule has 0 aliphatic carbocycles. The Morgan fingerprint density at radius 2 is 2.16 bits per heavy atom. The molecule has 0 bridgehead atoms. The van der Waals surface area contributed by atoms with Crippen molar-refractivity contribution in [3.8, 4) is 0 Å². The van der Waals surface area contributed by atoms with Gasteiger partial charge >= 0.3 is 0 Å². The summed E-state index contributed by atoms with van der Waals surface area (Å²) in [5, 5.41) is 14.5. The predicted octanol–water partition coefficient (Wildman–Crippen LogP) is 1.91. The first-order chi connectivity index (χ1) is 9.08. The second kappa shape index (κ2) is 5.93. The topological polar surface area (TPSA) is 63.8 Å². The molecule has 1 N–H and O–H groups in total. The molecule has 2 aromatic rings. The van der Waals surface area contributed by atoms with Crippen LogP contribution in [-0.2, 0) is 13.0 Å². The van der Waals surface area contributed by atoms with Gasteiger partial charge in [0.15, 0.2) is 0 Å². The van der Waals surface area contributed by atoms with E-state index in [0.717, 1.165) is 23.5 Å². The minimum absolute atomic E-state index is 0.470. The van der Waals surface area contributed by atoms with Crippen LogP contribution in [0, 0.1) is 12.8 Å². The van der Waals surface area contributed by atoms with E-state index in [-0.39, 0.29) is 0 Å². The highest BCUT2D eigenvalue weighted by molar-refractivity contribution is 5.24. The lowest BCUT2D eigenvalue weighted by molar-refractivity contribution is 0.172. The molecule has 0 saturated carbocycles. The van der Waals surface area contributed by atoms with Crippen LogP contribution in [-0.4, -0.2) is 24.9 Å². The average Bonchev–Trinajstić information content (AvgIpc) is 2.76. The zero-order chi connectivity index (χ0) is 13.8. The van der Waals surface area contributed by atoms with Crippen molar-refractivity contribution in [3.05, 3.63) is 41.7 Å². The fourth-order valence-corrected chi connectivity index (χ4v) is 2.09. The number of nitrogens with zero attached hydrogens (tertiary/aromatic N) is 4. The molecule has 19 heavy (non-hydrogen) atoms. The second-order valence-corrected chi connectivity index (χ2v) is 5.20. The van der Waals surface area contributed by atoms with Gasteiger partial charge in [-0.15, -0.1) is 0 Å². The van der Waals surface area contributed by atoms with Crippen molar-refractivity contribution >= 4 is 0 Å². The molecule has 0 fully saturated rings. The van der Waals surface area contributed by atoms with Crippen molar-refractivity contribution in [2.75, 3.05) is 0 Å². The van der Waals surface area contributed by atoms with Crippen molar-refractivity contribution in [3.63, 3.8) is 0 Å². The number of pyridine rings is 1. The summed E-state index contributed by atoms with van der Waals surface area (Å²) in [5.41, 5.74) is 1.89. The zero-order valence-corrected chi connectivity index (χ0v) is 11.6. The van der Waals surface area contributed by atoms with E-state index in [1.54, 1.807) is 18.7 Å². The highest BCUT2D eigenvalue weighted by Gasteiger charge is 2.15. The number of hydrogen-bond donors (Lipinski definition) is 1. The maximum absolute atomic E-state index is 10.3. The minimum atomic E-state index is -0.571. The predicted molar refractivity (Wildman–Crippen MR) is 72.5 cm³/mol. The number of rotatable bonds is 5. The normalized spacial score (nSPS) is 12.9. The summed E-state index contributed by atoms with van der Waals surface area (Å²) < 4.78 is 1.87. The number of aromatic nitrogens is 4. The maximum atomic E-state index is 10.3. The van der Waals surface area contributed by atoms with E-state index in [1.165, 1.54) is 0 Å². The molecule has 102 valence electrons. The van der Waals surface area contributed by atoms with Gasteiger partial charge in [-0.25, -0.2) is 9.67 Å². The molecule has 0 aromatic carbocycles. The van der Waals surface area contributed by atoms with E-state index in [0.29, 0.717) is 12.3 Å². The Morgan fingerprint density at radius 1 is 1.37 bits per heavy atom. The highest BCUT2D eigenvalue weighted by Crippen LogP contribution is 2.20. The van der Waals surface area contributed by atoms with Gasteiger partial charge in [-0.3, -0.25) is 4.98 Å². The van der Waals surface area contributed by atoms with E-state index in [1.807, 2.05) is 17.7 Å². The lowest BCUT2D eigenvalue weighted by Crippen LogP contribution is -2.14. The first-order valence-corrected chi connectivity index (χ1v) is 6.53. The Labute approximate surface area is 113 Å². The lowest BCUT2D eigenvalue weighted by Gasteiger charge is -2.14. The van der Waals surface area contributed by atoms with Gasteiger partial charge in [0.1, 0.15) is 12.2 Å². The van der Waals surface area contributed by atoms with E-state index < -0.39 is 6.10 Å². The molecule has 0 amide bonds. The third-order valence-electron chi connectivity index (χ3n) is 3.03. The second-order valence-electron chi connectivity index (χ2n) is 5.20. The summed E-state index contributed by atoms with van der Waals surface area (Å²) in [5.74, 6) is 1.32. The summed E-state index contributed by atoms with van der Waals surface area (Å²) in [4.78, 5) is 8.28. The summed E-state index contributed by atoms with van der Waals surface area (Å²) in [6.45, 7) is 7.03. The number of aryl methyl sites for hydroxylation is 1. The van der Waals surface area contributed by atoms with Crippen LogP contribution in [0.15, 0.2) is 24.8 Å². The Bertz CT molecular complexity index is 536. The van der Waals surface area contributed by atoms with Crippen LogP contribution in [0.2, 0.25) is 0 Å². The van der Waals surface area contributed by atoms with Gasteiger partial charge in [0, 0.05) is 25.4 Å².